The zero-order chi connectivity index (χ0) is 19.9. The molecule has 5 heterocycles. The summed E-state index contributed by atoms with van der Waals surface area (Å²) in [5.41, 5.74) is 5.43. The summed E-state index contributed by atoms with van der Waals surface area (Å²) in [7, 11) is 0. The van der Waals surface area contributed by atoms with E-state index in [0.717, 1.165) is 46.5 Å². The highest BCUT2D eigenvalue weighted by molar-refractivity contribution is 5.95. The third-order valence-electron chi connectivity index (χ3n) is 5.67. The van der Waals surface area contributed by atoms with Crippen LogP contribution < -0.4 is 4.90 Å². The highest BCUT2D eigenvalue weighted by Gasteiger charge is 2.20. The van der Waals surface area contributed by atoms with E-state index in [1.54, 1.807) is 12.4 Å². The highest BCUT2D eigenvalue weighted by Crippen LogP contribution is 2.32. The summed E-state index contributed by atoms with van der Waals surface area (Å²) in [6, 6.07) is 10.2. The summed E-state index contributed by atoms with van der Waals surface area (Å²) in [5.74, 6) is 0.716. The number of aromatic amines is 1. The summed E-state index contributed by atoms with van der Waals surface area (Å²) < 4.78 is 1.86. The van der Waals surface area contributed by atoms with Crippen LogP contribution in [0.25, 0.3) is 39.3 Å². The molecule has 1 aliphatic rings. The van der Waals surface area contributed by atoms with Gasteiger partial charge in [-0.15, -0.1) is 0 Å². The molecule has 0 bridgehead atoms. The first-order valence-corrected chi connectivity index (χ1v) is 10.2. The number of rotatable bonds is 3. The Morgan fingerprint density at radius 3 is 2.63 bits per heavy atom. The van der Waals surface area contributed by atoms with Crippen molar-refractivity contribution in [3.63, 3.8) is 0 Å². The van der Waals surface area contributed by atoms with E-state index in [1.807, 2.05) is 29.1 Å². The quantitative estimate of drug-likeness (QED) is 0.500. The molecule has 0 radical (unpaired) electrons. The van der Waals surface area contributed by atoms with Crippen molar-refractivity contribution in [2.75, 3.05) is 18.0 Å². The van der Waals surface area contributed by atoms with Crippen LogP contribution in [0.2, 0.25) is 0 Å². The Labute approximate surface area is 172 Å². The minimum atomic E-state index is 0.716. The number of H-pyrrole nitrogens is 1. The lowest BCUT2D eigenvalue weighted by molar-refractivity contribution is 0.578. The van der Waals surface area contributed by atoms with Gasteiger partial charge in [0.25, 0.3) is 0 Å². The maximum atomic E-state index is 4.87. The van der Waals surface area contributed by atoms with Crippen LogP contribution in [-0.2, 0) is 0 Å². The second-order valence-corrected chi connectivity index (χ2v) is 7.54. The van der Waals surface area contributed by atoms with E-state index in [9.17, 15) is 0 Å². The minimum Gasteiger partial charge on any atom is -0.370 e. The third kappa shape index (κ3) is 2.72. The number of anilines is 1. The standard InChI is InChI=1S/C22H20N8/c1-4-10-29(11-5-1)18-8-9-25-21-20(18)26-22(27-21)19-16-6-2-3-7-17(16)30(28-19)15-12-23-14-24-13-15/h2-3,6-9,12-14H,1,4-5,10-11H2,(H,25,26,27). The molecule has 1 saturated heterocycles. The molecule has 5 aromatic rings. The number of nitrogens with one attached hydrogen (secondary N) is 1. The van der Waals surface area contributed by atoms with Gasteiger partial charge in [0, 0.05) is 24.7 Å². The predicted octanol–water partition coefficient (Wildman–Crippen LogP) is 3.74. The third-order valence-corrected chi connectivity index (χ3v) is 5.67. The molecule has 0 amide bonds. The van der Waals surface area contributed by atoms with E-state index in [-0.39, 0.29) is 0 Å². The van der Waals surface area contributed by atoms with Gasteiger partial charge in [0.1, 0.15) is 23.2 Å². The number of hydrogen-bond acceptors (Lipinski definition) is 6. The largest absolute Gasteiger partial charge is 0.370 e. The molecule has 30 heavy (non-hydrogen) atoms. The van der Waals surface area contributed by atoms with E-state index in [4.69, 9.17) is 10.1 Å². The van der Waals surface area contributed by atoms with Gasteiger partial charge in [-0.1, -0.05) is 18.2 Å². The molecule has 1 aromatic carbocycles. The number of para-hydroxylation sites is 1. The molecular formula is C22H20N8. The van der Waals surface area contributed by atoms with E-state index < -0.39 is 0 Å². The second kappa shape index (κ2) is 6.91. The van der Waals surface area contributed by atoms with Crippen molar-refractivity contribution in [3.05, 3.63) is 55.2 Å². The van der Waals surface area contributed by atoms with E-state index in [0.29, 0.717) is 5.82 Å². The molecule has 1 aliphatic heterocycles. The van der Waals surface area contributed by atoms with Gasteiger partial charge in [0.2, 0.25) is 0 Å². The molecular weight excluding hydrogens is 376 g/mol. The first-order chi connectivity index (χ1) is 14.9. The van der Waals surface area contributed by atoms with Crippen molar-refractivity contribution in [1.29, 1.82) is 0 Å². The van der Waals surface area contributed by atoms with Gasteiger partial charge < -0.3 is 9.88 Å². The van der Waals surface area contributed by atoms with Gasteiger partial charge in [-0.05, 0) is 31.4 Å². The lowest BCUT2D eigenvalue weighted by atomic mass is 10.1. The normalized spacial score (nSPS) is 14.6. The summed E-state index contributed by atoms with van der Waals surface area (Å²) in [4.78, 5) is 23.5. The van der Waals surface area contributed by atoms with Crippen molar-refractivity contribution >= 4 is 27.8 Å². The van der Waals surface area contributed by atoms with Crippen molar-refractivity contribution in [2.45, 2.75) is 19.3 Å². The Kier molecular flexibility index (Phi) is 3.93. The molecule has 8 heteroatoms. The van der Waals surface area contributed by atoms with Crippen molar-refractivity contribution < 1.29 is 0 Å². The number of aromatic nitrogens is 7. The fourth-order valence-electron chi connectivity index (χ4n) is 4.25. The van der Waals surface area contributed by atoms with Crippen LogP contribution in [0.1, 0.15) is 19.3 Å². The lowest BCUT2D eigenvalue weighted by Crippen LogP contribution is -2.29. The van der Waals surface area contributed by atoms with E-state index in [2.05, 4.69) is 37.0 Å². The van der Waals surface area contributed by atoms with E-state index >= 15 is 0 Å². The molecule has 0 unspecified atom stereocenters. The zero-order valence-electron chi connectivity index (χ0n) is 16.4. The van der Waals surface area contributed by atoms with Crippen molar-refractivity contribution in [2.24, 2.45) is 0 Å². The Hall–Kier alpha value is -3.81. The fourth-order valence-corrected chi connectivity index (χ4v) is 4.25. The molecule has 148 valence electrons. The van der Waals surface area contributed by atoms with Crippen LogP contribution in [-0.4, -0.2) is 47.8 Å². The number of fused-ring (bicyclic) bond motifs is 2. The number of piperidine rings is 1. The Balaban J connectivity index is 1.53. The molecule has 4 aromatic heterocycles. The number of benzene rings is 1. The zero-order valence-corrected chi connectivity index (χ0v) is 16.4. The lowest BCUT2D eigenvalue weighted by Gasteiger charge is -2.28. The SMILES string of the molecule is c1ccc2c(c1)c(-c1nc3nccc(N4CCCCC4)c3[nH]1)nn2-c1cncnc1. The minimum absolute atomic E-state index is 0.716. The topological polar surface area (TPSA) is 88.4 Å². The van der Waals surface area contributed by atoms with Gasteiger partial charge >= 0.3 is 0 Å². The van der Waals surface area contributed by atoms with Crippen LogP contribution in [0.4, 0.5) is 5.69 Å². The molecule has 0 saturated carbocycles. The molecule has 1 fully saturated rings. The number of nitrogens with zero attached hydrogens (tertiary/aromatic N) is 7. The number of hydrogen-bond donors (Lipinski definition) is 1. The first kappa shape index (κ1) is 17.1. The summed E-state index contributed by atoms with van der Waals surface area (Å²) in [5, 5.41) is 5.88. The van der Waals surface area contributed by atoms with Crippen molar-refractivity contribution in [3.8, 4) is 17.2 Å². The monoisotopic (exact) mass is 396 g/mol. The highest BCUT2D eigenvalue weighted by atomic mass is 15.3. The van der Waals surface area contributed by atoms with Crippen molar-refractivity contribution in [1.82, 2.24) is 34.7 Å². The predicted molar refractivity (Wildman–Crippen MR) is 116 cm³/mol. The van der Waals surface area contributed by atoms with Crippen LogP contribution in [0.15, 0.2) is 55.2 Å². The van der Waals surface area contributed by atoms with Crippen LogP contribution in [0.5, 0.6) is 0 Å². The van der Waals surface area contributed by atoms with Gasteiger partial charge in [-0.25, -0.2) is 24.6 Å². The van der Waals surface area contributed by atoms with Crippen LogP contribution in [0.3, 0.4) is 0 Å². The average molecular weight is 396 g/mol. The first-order valence-electron chi connectivity index (χ1n) is 10.2. The average Bonchev–Trinajstić information content (AvgIpc) is 3.42. The van der Waals surface area contributed by atoms with Gasteiger partial charge in [0.05, 0.1) is 23.6 Å². The Morgan fingerprint density at radius 2 is 1.77 bits per heavy atom. The maximum absolute atomic E-state index is 4.87. The van der Waals surface area contributed by atoms with Gasteiger partial charge in [-0.2, -0.15) is 5.10 Å². The van der Waals surface area contributed by atoms with E-state index in [1.165, 1.54) is 31.3 Å². The smallest absolute Gasteiger partial charge is 0.180 e. The maximum Gasteiger partial charge on any atom is 0.180 e. The second-order valence-electron chi connectivity index (χ2n) is 7.54. The molecule has 1 N–H and O–H groups in total. The summed E-state index contributed by atoms with van der Waals surface area (Å²) >= 11 is 0. The molecule has 0 atom stereocenters. The van der Waals surface area contributed by atoms with Crippen LogP contribution >= 0.6 is 0 Å². The number of imidazole rings is 1. The summed E-state index contributed by atoms with van der Waals surface area (Å²) in [6.07, 6.45) is 10.6. The molecule has 0 spiro atoms. The molecule has 0 aliphatic carbocycles. The Morgan fingerprint density at radius 1 is 0.933 bits per heavy atom. The molecule has 8 nitrogen and oxygen atoms in total. The summed E-state index contributed by atoms with van der Waals surface area (Å²) in [6.45, 7) is 2.14. The number of pyridine rings is 1. The van der Waals surface area contributed by atoms with Gasteiger partial charge in [0.15, 0.2) is 11.5 Å². The van der Waals surface area contributed by atoms with Crippen LogP contribution in [0, 0.1) is 0 Å². The molecule has 6 rings (SSSR count). The fraction of sp³-hybridized carbons (Fsp3) is 0.227. The van der Waals surface area contributed by atoms with Gasteiger partial charge in [-0.3, -0.25) is 0 Å². The Bertz CT molecular complexity index is 1330.